The maximum atomic E-state index is 5.60. The summed E-state index contributed by atoms with van der Waals surface area (Å²) in [5, 5.41) is 0. The van der Waals surface area contributed by atoms with Crippen molar-refractivity contribution in [2.24, 2.45) is 10.7 Å². The molecule has 3 nitrogen and oxygen atoms in total. The first-order valence-corrected chi connectivity index (χ1v) is 5.37. The average molecular weight is 234 g/mol. The molecule has 0 spiro atoms. The van der Waals surface area contributed by atoms with Crippen molar-refractivity contribution in [3.05, 3.63) is 54.0 Å². The molecule has 2 aromatic rings. The minimum atomic E-state index is -0.720. The van der Waals surface area contributed by atoms with E-state index in [0.29, 0.717) is 5.49 Å². The van der Waals surface area contributed by atoms with Crippen LogP contribution in [0.25, 0.3) is 11.3 Å². The number of nitrogens with two attached hydrogens (primary N) is 1. The Labute approximate surface area is 98.6 Å². The number of H-pyrrole nitrogens is 1. The van der Waals surface area contributed by atoms with Crippen LogP contribution in [0.1, 0.15) is 0 Å². The third kappa shape index (κ3) is 2.72. The van der Waals surface area contributed by atoms with Gasteiger partial charge in [0.2, 0.25) is 0 Å². The minimum absolute atomic E-state index is 0.670. The average Bonchev–Trinajstić information content (AvgIpc) is 2.30. The maximum Gasteiger partial charge on any atom is 0.175 e. The summed E-state index contributed by atoms with van der Waals surface area (Å²) in [6.45, 7) is 0. The van der Waals surface area contributed by atoms with E-state index >= 15 is 0 Å². The van der Waals surface area contributed by atoms with Gasteiger partial charge in [-0.25, -0.2) is 4.99 Å². The second-order valence-electron chi connectivity index (χ2n) is 3.32. The molecule has 0 aliphatic rings. The van der Waals surface area contributed by atoms with E-state index in [1.54, 1.807) is 0 Å². The van der Waals surface area contributed by atoms with E-state index in [0.717, 1.165) is 11.3 Å². The lowest BCUT2D eigenvalue weighted by molar-refractivity contribution is 0.903. The van der Waals surface area contributed by atoms with E-state index in [1.165, 1.54) is 0 Å². The molecule has 0 bridgehead atoms. The van der Waals surface area contributed by atoms with Gasteiger partial charge in [0.05, 0.1) is 0 Å². The van der Waals surface area contributed by atoms with Crippen LogP contribution in [-0.4, -0.2) is 10.6 Å². The van der Waals surface area contributed by atoms with Gasteiger partial charge in [0.25, 0.3) is 0 Å². The monoisotopic (exact) mass is 233 g/mol. The molecule has 0 aliphatic heterocycles. The van der Waals surface area contributed by atoms with Gasteiger partial charge in [-0.15, -0.1) is 0 Å². The van der Waals surface area contributed by atoms with Crippen LogP contribution in [0.5, 0.6) is 0 Å². The number of nitrogens with zero attached hydrogens (tertiary/aromatic N) is 1. The lowest BCUT2D eigenvalue weighted by Crippen LogP contribution is -2.16. The Morgan fingerprint density at radius 2 is 1.81 bits per heavy atom. The summed E-state index contributed by atoms with van der Waals surface area (Å²) in [5.41, 5.74) is 7.43. The molecule has 4 heteroatoms. The zero-order valence-corrected chi connectivity index (χ0v) is 9.35. The largest absolute Gasteiger partial charge is 0.340 e. The van der Waals surface area contributed by atoms with Gasteiger partial charge in [0.1, 0.15) is 5.49 Å². The van der Waals surface area contributed by atoms with Crippen LogP contribution in [0, 0.1) is 0 Å². The van der Waals surface area contributed by atoms with Crippen molar-refractivity contribution >= 4 is 11.6 Å². The normalized spacial score (nSPS) is 13.8. The van der Waals surface area contributed by atoms with Crippen LogP contribution >= 0.6 is 11.6 Å². The van der Waals surface area contributed by atoms with Crippen LogP contribution in [0.4, 0.5) is 0 Å². The highest BCUT2D eigenvalue weighted by Gasteiger charge is 1.96. The third-order valence-corrected chi connectivity index (χ3v) is 2.22. The fourth-order valence-corrected chi connectivity index (χ4v) is 1.56. The van der Waals surface area contributed by atoms with Crippen LogP contribution in [0.3, 0.4) is 0 Å². The molecule has 0 fully saturated rings. The molecule has 1 unspecified atom stereocenters. The summed E-state index contributed by atoms with van der Waals surface area (Å²) in [5.74, 6) is 0. The quantitative estimate of drug-likeness (QED) is 0.606. The third-order valence-electron chi connectivity index (χ3n) is 2.13. The first-order chi connectivity index (χ1) is 7.75. The Bertz CT molecular complexity index is 517. The second kappa shape index (κ2) is 4.96. The molecule has 0 saturated carbocycles. The topological polar surface area (TPSA) is 54.2 Å². The Hall–Kier alpha value is -1.58. The Morgan fingerprint density at radius 1 is 1.06 bits per heavy atom. The van der Waals surface area contributed by atoms with Crippen molar-refractivity contribution in [2.75, 3.05) is 0 Å². The summed E-state index contributed by atoms with van der Waals surface area (Å²) in [6, 6.07) is 15.7. The van der Waals surface area contributed by atoms with Crippen LogP contribution in [0.2, 0.25) is 0 Å². The number of nitrogens with one attached hydrogen (secondary N) is 1. The van der Waals surface area contributed by atoms with E-state index in [-0.39, 0.29) is 0 Å². The summed E-state index contributed by atoms with van der Waals surface area (Å²) in [6.07, 6.45) is 0. The predicted molar refractivity (Wildman–Crippen MR) is 65.6 cm³/mol. The molecule has 1 aromatic heterocycles. The van der Waals surface area contributed by atoms with Crippen molar-refractivity contribution in [3.8, 4) is 11.3 Å². The first kappa shape index (κ1) is 10.9. The fraction of sp³-hybridized carbons (Fsp3) is 0.0833. The molecular weight excluding hydrogens is 222 g/mol. The molecule has 0 aliphatic carbocycles. The summed E-state index contributed by atoms with van der Waals surface area (Å²) >= 11 is 5.60. The molecule has 2 rings (SSSR count). The SMILES string of the molecule is NC(Cl)/N=c1/cccc(-c2ccccc2)[nH]1. The van der Waals surface area contributed by atoms with E-state index < -0.39 is 5.62 Å². The van der Waals surface area contributed by atoms with E-state index in [2.05, 4.69) is 9.98 Å². The smallest absolute Gasteiger partial charge is 0.175 e. The molecule has 3 N–H and O–H groups in total. The highest BCUT2D eigenvalue weighted by atomic mass is 35.5. The van der Waals surface area contributed by atoms with Crippen molar-refractivity contribution in [2.45, 2.75) is 5.62 Å². The van der Waals surface area contributed by atoms with Crippen molar-refractivity contribution < 1.29 is 0 Å². The summed E-state index contributed by atoms with van der Waals surface area (Å²) in [7, 11) is 0. The van der Waals surface area contributed by atoms with Gasteiger partial charge in [-0.3, -0.25) is 5.73 Å². The molecule has 0 radical (unpaired) electrons. The summed E-state index contributed by atoms with van der Waals surface area (Å²) < 4.78 is 0. The first-order valence-electron chi connectivity index (χ1n) is 4.94. The Balaban J connectivity index is 2.45. The number of benzene rings is 1. The van der Waals surface area contributed by atoms with Gasteiger partial charge in [-0.1, -0.05) is 48.0 Å². The molecule has 16 heavy (non-hydrogen) atoms. The number of halogens is 1. The molecule has 0 amide bonds. The Kier molecular flexibility index (Phi) is 3.39. The van der Waals surface area contributed by atoms with Crippen LogP contribution < -0.4 is 11.2 Å². The van der Waals surface area contributed by atoms with Gasteiger partial charge in [-0.2, -0.15) is 0 Å². The highest BCUT2D eigenvalue weighted by Crippen LogP contribution is 2.13. The zero-order chi connectivity index (χ0) is 11.4. The molecule has 0 saturated heterocycles. The van der Waals surface area contributed by atoms with Gasteiger partial charge < -0.3 is 4.98 Å². The van der Waals surface area contributed by atoms with Gasteiger partial charge >= 0.3 is 0 Å². The van der Waals surface area contributed by atoms with Crippen molar-refractivity contribution in [1.82, 2.24) is 4.98 Å². The number of aromatic nitrogens is 1. The van der Waals surface area contributed by atoms with Crippen molar-refractivity contribution in [1.29, 1.82) is 0 Å². The molecule has 1 heterocycles. The van der Waals surface area contributed by atoms with Crippen molar-refractivity contribution in [3.63, 3.8) is 0 Å². The standard InChI is InChI=1S/C12H12ClN3/c13-12(14)16-11-8-4-7-10(15-11)9-5-2-1-3-6-9/h1-8,12H,14H2,(H,15,16). The van der Waals surface area contributed by atoms with Crippen LogP contribution in [-0.2, 0) is 0 Å². The Morgan fingerprint density at radius 3 is 2.50 bits per heavy atom. The molecular formula is C12H12ClN3. The van der Waals surface area contributed by atoms with Crippen LogP contribution in [0.15, 0.2) is 53.5 Å². The number of rotatable bonds is 2. The van der Waals surface area contributed by atoms with Gasteiger partial charge in [0, 0.05) is 5.69 Å². The number of aromatic amines is 1. The number of hydrogen-bond acceptors (Lipinski definition) is 2. The minimum Gasteiger partial charge on any atom is -0.340 e. The number of hydrogen-bond donors (Lipinski definition) is 2. The molecule has 1 atom stereocenters. The maximum absolute atomic E-state index is 5.60. The van der Waals surface area contributed by atoms with Gasteiger partial charge in [-0.05, 0) is 17.7 Å². The van der Waals surface area contributed by atoms with E-state index in [9.17, 15) is 0 Å². The lowest BCUT2D eigenvalue weighted by atomic mass is 10.1. The number of alkyl halides is 1. The molecule has 1 aromatic carbocycles. The fourth-order valence-electron chi connectivity index (χ4n) is 1.45. The van der Waals surface area contributed by atoms with E-state index in [4.69, 9.17) is 17.3 Å². The summed E-state index contributed by atoms with van der Waals surface area (Å²) in [4.78, 5) is 7.19. The number of pyridine rings is 1. The zero-order valence-electron chi connectivity index (χ0n) is 8.60. The second-order valence-corrected chi connectivity index (χ2v) is 3.76. The van der Waals surface area contributed by atoms with E-state index in [1.807, 2.05) is 48.5 Å². The lowest BCUT2D eigenvalue weighted by Gasteiger charge is -2.01. The highest BCUT2D eigenvalue weighted by molar-refractivity contribution is 6.19. The van der Waals surface area contributed by atoms with Gasteiger partial charge in [0.15, 0.2) is 5.62 Å². The predicted octanol–water partition coefficient (Wildman–Crippen LogP) is 2.06. The molecule has 82 valence electrons.